The SMILES string of the molecule is CCCN(CC(=O)N(C)C1CC1)C(CC)(CC)CN. The molecular weight excluding hydrogens is 238 g/mol. The molecule has 0 unspecified atom stereocenters. The lowest BCUT2D eigenvalue weighted by Gasteiger charge is -2.42. The number of nitrogens with two attached hydrogens (primary N) is 1. The molecule has 0 aliphatic heterocycles. The van der Waals surface area contributed by atoms with Gasteiger partial charge in [-0.2, -0.15) is 0 Å². The highest BCUT2D eigenvalue weighted by Gasteiger charge is 2.35. The Kier molecular flexibility index (Phi) is 6.27. The second-order valence-corrected chi connectivity index (χ2v) is 5.79. The number of likely N-dealkylation sites (N-methyl/N-ethyl adjacent to an activating group) is 1. The molecule has 0 aromatic heterocycles. The number of hydrogen-bond donors (Lipinski definition) is 1. The van der Waals surface area contributed by atoms with Crippen molar-refractivity contribution in [2.75, 3.05) is 26.7 Å². The molecule has 0 atom stereocenters. The van der Waals surface area contributed by atoms with Crippen molar-refractivity contribution in [3.8, 4) is 0 Å². The van der Waals surface area contributed by atoms with Crippen LogP contribution >= 0.6 is 0 Å². The van der Waals surface area contributed by atoms with Gasteiger partial charge in [-0.1, -0.05) is 20.8 Å². The fourth-order valence-electron chi connectivity index (χ4n) is 2.81. The molecule has 1 aliphatic carbocycles. The first-order valence-electron chi connectivity index (χ1n) is 7.75. The predicted molar refractivity (Wildman–Crippen MR) is 80.0 cm³/mol. The van der Waals surface area contributed by atoms with Gasteiger partial charge in [0.2, 0.25) is 5.91 Å². The van der Waals surface area contributed by atoms with E-state index in [1.807, 2.05) is 11.9 Å². The summed E-state index contributed by atoms with van der Waals surface area (Å²) in [4.78, 5) is 16.6. The van der Waals surface area contributed by atoms with Crippen LogP contribution in [0.25, 0.3) is 0 Å². The van der Waals surface area contributed by atoms with Gasteiger partial charge in [-0.05, 0) is 38.6 Å². The van der Waals surface area contributed by atoms with E-state index in [1.165, 1.54) is 12.8 Å². The Bertz CT molecular complexity index is 277. The number of carbonyl (C=O) groups is 1. The third-order valence-corrected chi connectivity index (χ3v) is 4.67. The van der Waals surface area contributed by atoms with Gasteiger partial charge in [-0.3, -0.25) is 9.69 Å². The summed E-state index contributed by atoms with van der Waals surface area (Å²) in [5.41, 5.74) is 6.00. The third-order valence-electron chi connectivity index (χ3n) is 4.67. The average Bonchev–Trinajstić information content (AvgIpc) is 3.25. The molecule has 4 heteroatoms. The Morgan fingerprint density at radius 1 is 1.26 bits per heavy atom. The Morgan fingerprint density at radius 2 is 1.84 bits per heavy atom. The molecule has 0 aromatic rings. The molecular formula is C15H31N3O. The van der Waals surface area contributed by atoms with E-state index >= 15 is 0 Å². The van der Waals surface area contributed by atoms with Crippen molar-refractivity contribution in [3.05, 3.63) is 0 Å². The normalized spacial score (nSPS) is 15.9. The van der Waals surface area contributed by atoms with E-state index in [2.05, 4.69) is 25.7 Å². The number of carbonyl (C=O) groups excluding carboxylic acids is 1. The minimum Gasteiger partial charge on any atom is -0.342 e. The van der Waals surface area contributed by atoms with Gasteiger partial charge in [0.05, 0.1) is 6.54 Å². The van der Waals surface area contributed by atoms with Gasteiger partial charge in [0.1, 0.15) is 0 Å². The minimum absolute atomic E-state index is 0.0178. The van der Waals surface area contributed by atoms with Crippen molar-refractivity contribution in [2.24, 2.45) is 5.73 Å². The lowest BCUT2D eigenvalue weighted by atomic mass is 9.90. The lowest BCUT2D eigenvalue weighted by molar-refractivity contribution is -0.133. The Morgan fingerprint density at radius 3 is 2.21 bits per heavy atom. The van der Waals surface area contributed by atoms with Crippen LogP contribution in [0.1, 0.15) is 52.9 Å². The van der Waals surface area contributed by atoms with Crippen LogP contribution in [0.3, 0.4) is 0 Å². The topological polar surface area (TPSA) is 49.6 Å². The molecule has 0 aromatic carbocycles. The number of amides is 1. The molecule has 0 spiro atoms. The van der Waals surface area contributed by atoms with Gasteiger partial charge in [0, 0.05) is 25.2 Å². The predicted octanol–water partition coefficient (Wildman–Crippen LogP) is 1.84. The first-order chi connectivity index (χ1) is 9.04. The van der Waals surface area contributed by atoms with E-state index in [9.17, 15) is 4.79 Å². The van der Waals surface area contributed by atoms with E-state index in [0.717, 1.165) is 25.8 Å². The minimum atomic E-state index is -0.0178. The van der Waals surface area contributed by atoms with Gasteiger partial charge < -0.3 is 10.6 Å². The highest BCUT2D eigenvalue weighted by Crippen LogP contribution is 2.27. The molecule has 0 heterocycles. The van der Waals surface area contributed by atoms with Crippen molar-refractivity contribution < 1.29 is 4.79 Å². The van der Waals surface area contributed by atoms with E-state index in [1.54, 1.807) is 0 Å². The molecule has 1 saturated carbocycles. The summed E-state index contributed by atoms with van der Waals surface area (Å²) in [6, 6.07) is 0.492. The van der Waals surface area contributed by atoms with Crippen molar-refractivity contribution >= 4 is 5.91 Å². The smallest absolute Gasteiger partial charge is 0.236 e. The molecule has 1 aliphatic rings. The maximum Gasteiger partial charge on any atom is 0.236 e. The van der Waals surface area contributed by atoms with Gasteiger partial charge in [0.25, 0.3) is 0 Å². The Hall–Kier alpha value is -0.610. The van der Waals surface area contributed by atoms with E-state index in [-0.39, 0.29) is 11.4 Å². The van der Waals surface area contributed by atoms with Crippen LogP contribution in [0.15, 0.2) is 0 Å². The van der Waals surface area contributed by atoms with Crippen molar-refractivity contribution in [3.63, 3.8) is 0 Å². The quantitative estimate of drug-likeness (QED) is 0.695. The fourth-order valence-corrected chi connectivity index (χ4v) is 2.81. The Balaban J connectivity index is 2.72. The molecule has 0 saturated heterocycles. The summed E-state index contributed by atoms with van der Waals surface area (Å²) in [6.07, 6.45) is 5.39. The number of hydrogen-bond acceptors (Lipinski definition) is 3. The van der Waals surface area contributed by atoms with Crippen molar-refractivity contribution in [1.29, 1.82) is 0 Å². The zero-order valence-electron chi connectivity index (χ0n) is 13.1. The van der Waals surface area contributed by atoms with Crippen LogP contribution in [0.2, 0.25) is 0 Å². The third kappa shape index (κ3) is 3.93. The van der Waals surface area contributed by atoms with E-state index in [0.29, 0.717) is 19.1 Å². The van der Waals surface area contributed by atoms with Crippen LogP contribution in [0.5, 0.6) is 0 Å². The summed E-state index contributed by atoms with van der Waals surface area (Å²) < 4.78 is 0. The summed E-state index contributed by atoms with van der Waals surface area (Å²) in [5.74, 6) is 0.246. The fraction of sp³-hybridized carbons (Fsp3) is 0.933. The summed E-state index contributed by atoms with van der Waals surface area (Å²) in [7, 11) is 1.94. The van der Waals surface area contributed by atoms with Crippen LogP contribution in [-0.2, 0) is 4.79 Å². The molecule has 112 valence electrons. The van der Waals surface area contributed by atoms with Crippen LogP contribution in [-0.4, -0.2) is 54.0 Å². The van der Waals surface area contributed by atoms with Crippen molar-refractivity contribution in [1.82, 2.24) is 9.80 Å². The van der Waals surface area contributed by atoms with Crippen molar-refractivity contribution in [2.45, 2.75) is 64.5 Å². The summed E-state index contributed by atoms with van der Waals surface area (Å²) in [5, 5.41) is 0. The zero-order chi connectivity index (χ0) is 14.5. The first kappa shape index (κ1) is 16.4. The van der Waals surface area contributed by atoms with Crippen LogP contribution in [0.4, 0.5) is 0 Å². The average molecular weight is 269 g/mol. The van der Waals surface area contributed by atoms with Gasteiger partial charge in [-0.25, -0.2) is 0 Å². The van der Waals surface area contributed by atoms with E-state index < -0.39 is 0 Å². The van der Waals surface area contributed by atoms with Gasteiger partial charge in [-0.15, -0.1) is 0 Å². The van der Waals surface area contributed by atoms with Crippen LogP contribution < -0.4 is 5.73 Å². The lowest BCUT2D eigenvalue weighted by Crippen LogP contribution is -2.56. The van der Waals surface area contributed by atoms with E-state index in [4.69, 9.17) is 5.73 Å². The molecule has 2 N–H and O–H groups in total. The Labute approximate surface area is 118 Å². The molecule has 1 rings (SSSR count). The second kappa shape index (κ2) is 7.25. The zero-order valence-corrected chi connectivity index (χ0v) is 13.1. The molecule has 1 fully saturated rings. The molecule has 4 nitrogen and oxygen atoms in total. The monoisotopic (exact) mass is 269 g/mol. The largest absolute Gasteiger partial charge is 0.342 e. The second-order valence-electron chi connectivity index (χ2n) is 5.79. The van der Waals surface area contributed by atoms with Gasteiger partial charge in [0.15, 0.2) is 0 Å². The maximum atomic E-state index is 12.3. The standard InChI is InChI=1S/C15H31N3O/c1-5-10-18(15(6-2,7-3)12-16)11-14(19)17(4)13-8-9-13/h13H,5-12,16H2,1-4H3. The molecule has 0 bridgehead atoms. The van der Waals surface area contributed by atoms with Crippen LogP contribution in [0, 0.1) is 0 Å². The number of rotatable bonds is 9. The summed E-state index contributed by atoms with van der Waals surface area (Å²) >= 11 is 0. The highest BCUT2D eigenvalue weighted by atomic mass is 16.2. The highest BCUT2D eigenvalue weighted by molar-refractivity contribution is 5.78. The number of nitrogens with zero attached hydrogens (tertiary/aromatic N) is 2. The van der Waals surface area contributed by atoms with Gasteiger partial charge >= 0.3 is 0 Å². The summed E-state index contributed by atoms with van der Waals surface area (Å²) in [6.45, 7) is 8.60. The first-order valence-corrected chi connectivity index (χ1v) is 7.75. The molecule has 0 radical (unpaired) electrons. The molecule has 19 heavy (non-hydrogen) atoms. The molecule has 1 amide bonds. The maximum absolute atomic E-state index is 12.3.